The first-order valence-electron chi connectivity index (χ1n) is 7.58. The lowest BCUT2D eigenvalue weighted by Gasteiger charge is -2.09. The van der Waals surface area contributed by atoms with Gasteiger partial charge in [-0.25, -0.2) is 9.37 Å². The van der Waals surface area contributed by atoms with E-state index >= 15 is 0 Å². The molecule has 3 aromatic rings. The molecule has 0 bridgehead atoms. The molecule has 0 saturated heterocycles. The van der Waals surface area contributed by atoms with Gasteiger partial charge in [0.15, 0.2) is 0 Å². The highest BCUT2D eigenvalue weighted by molar-refractivity contribution is 5.79. The number of nitrogens with one attached hydrogen (secondary N) is 1. The van der Waals surface area contributed by atoms with E-state index in [0.29, 0.717) is 4.68 Å². The highest BCUT2D eigenvalue weighted by Crippen LogP contribution is 2.29. The summed E-state index contributed by atoms with van der Waals surface area (Å²) in [5, 5.41) is 12.5. The molecule has 0 radical (unpaired) electrons. The zero-order valence-corrected chi connectivity index (χ0v) is 13.8. The summed E-state index contributed by atoms with van der Waals surface area (Å²) in [6.07, 6.45) is -2.30. The number of alkyl halides is 3. The number of halogens is 4. The monoisotopic (exact) mass is 377 g/mol. The number of hydrogen-bond donors (Lipinski definition) is 1. The quantitative estimate of drug-likeness (QED) is 0.710. The molecule has 1 N–H and O–H groups in total. The summed E-state index contributed by atoms with van der Waals surface area (Å²) in [5.74, 6) is -0.556. The second-order valence-electron chi connectivity index (χ2n) is 5.72. The number of aromatic nitrogens is 4. The first-order chi connectivity index (χ1) is 12.7. The van der Waals surface area contributed by atoms with E-state index in [0.717, 1.165) is 18.5 Å². The lowest BCUT2D eigenvalue weighted by molar-refractivity contribution is -0.142. The van der Waals surface area contributed by atoms with E-state index in [9.17, 15) is 22.4 Å². The molecular weight excluding hydrogens is 366 g/mol. The van der Waals surface area contributed by atoms with Crippen molar-refractivity contribution < 1.29 is 17.6 Å². The third-order valence-corrected chi connectivity index (χ3v) is 3.66. The fourth-order valence-electron chi connectivity index (χ4n) is 2.58. The van der Waals surface area contributed by atoms with Crippen molar-refractivity contribution in [3.05, 3.63) is 58.2 Å². The molecule has 0 aliphatic carbocycles. The number of aryl methyl sites for hydroxylation is 1. The van der Waals surface area contributed by atoms with Crippen LogP contribution in [0, 0.1) is 24.1 Å². The van der Waals surface area contributed by atoms with E-state index in [1.807, 2.05) is 0 Å². The normalized spacial score (nSPS) is 11.4. The summed E-state index contributed by atoms with van der Waals surface area (Å²) in [6.45, 7) is 0.201. The van der Waals surface area contributed by atoms with Crippen LogP contribution in [-0.4, -0.2) is 25.9 Å². The fourth-order valence-corrected chi connectivity index (χ4v) is 2.58. The van der Waals surface area contributed by atoms with Crippen LogP contribution in [0.2, 0.25) is 0 Å². The van der Waals surface area contributed by atoms with Gasteiger partial charge in [0.25, 0.3) is 5.56 Å². The second kappa shape index (κ2) is 6.68. The van der Waals surface area contributed by atoms with Crippen LogP contribution < -0.4 is 5.56 Å². The lowest BCUT2D eigenvalue weighted by Crippen LogP contribution is -2.18. The lowest BCUT2D eigenvalue weighted by atomic mass is 10.0. The number of rotatable bonds is 3. The summed E-state index contributed by atoms with van der Waals surface area (Å²) < 4.78 is 52.2. The van der Waals surface area contributed by atoms with Gasteiger partial charge >= 0.3 is 6.18 Å². The molecule has 1 aromatic carbocycles. The summed E-state index contributed by atoms with van der Waals surface area (Å²) in [5.41, 5.74) is -0.440. The Labute approximate surface area is 149 Å². The summed E-state index contributed by atoms with van der Waals surface area (Å²) >= 11 is 0. The smallest absolute Gasteiger partial charge is 0.310 e. The Bertz CT molecular complexity index is 1110. The van der Waals surface area contributed by atoms with Gasteiger partial charge < -0.3 is 4.98 Å². The number of nitrogens with zero attached hydrogens (tertiary/aromatic N) is 4. The third kappa shape index (κ3) is 3.87. The predicted octanol–water partition coefficient (Wildman–Crippen LogP) is 3.18. The van der Waals surface area contributed by atoms with Gasteiger partial charge in [-0.2, -0.15) is 23.5 Å². The predicted molar refractivity (Wildman–Crippen MR) is 87.0 cm³/mol. The highest BCUT2D eigenvalue weighted by Gasteiger charge is 2.29. The van der Waals surface area contributed by atoms with Crippen LogP contribution in [0.3, 0.4) is 0 Å². The maximum absolute atomic E-state index is 14.0. The standard InChI is InChI=1S/C17H11F4N5O/c1-9-24-15(10-2-3-11(5-22)13(18)4-10)14(16(27)25-9)12-6-23-26(7-12)8-17(19,20)21/h2-4,6-7H,8H2,1H3,(H,24,25,27). The van der Waals surface area contributed by atoms with Gasteiger partial charge in [0.1, 0.15) is 24.3 Å². The van der Waals surface area contributed by atoms with Crippen molar-refractivity contribution in [3.63, 3.8) is 0 Å². The molecule has 10 heteroatoms. The summed E-state index contributed by atoms with van der Waals surface area (Å²) in [6, 6.07) is 5.37. The average molecular weight is 377 g/mol. The van der Waals surface area contributed by atoms with Crippen LogP contribution in [0.1, 0.15) is 11.4 Å². The Morgan fingerprint density at radius 2 is 2.04 bits per heavy atom. The molecule has 0 aliphatic heterocycles. The van der Waals surface area contributed by atoms with Crippen molar-refractivity contribution >= 4 is 0 Å². The average Bonchev–Trinajstić information content (AvgIpc) is 2.99. The van der Waals surface area contributed by atoms with Crippen molar-refractivity contribution in [2.24, 2.45) is 0 Å². The van der Waals surface area contributed by atoms with Crippen molar-refractivity contribution in [2.45, 2.75) is 19.6 Å². The van der Waals surface area contributed by atoms with Gasteiger partial charge in [-0.3, -0.25) is 9.48 Å². The van der Waals surface area contributed by atoms with Gasteiger partial charge in [-0.05, 0) is 19.1 Å². The molecule has 0 unspecified atom stereocenters. The van der Waals surface area contributed by atoms with Crippen LogP contribution in [0.4, 0.5) is 17.6 Å². The molecule has 0 spiro atoms. The largest absolute Gasteiger partial charge is 0.408 e. The highest BCUT2D eigenvalue weighted by atomic mass is 19.4. The second-order valence-corrected chi connectivity index (χ2v) is 5.72. The fraction of sp³-hybridized carbons (Fsp3) is 0.176. The zero-order chi connectivity index (χ0) is 19.8. The Kier molecular flexibility index (Phi) is 4.53. The number of nitriles is 1. The molecule has 6 nitrogen and oxygen atoms in total. The first-order valence-corrected chi connectivity index (χ1v) is 7.58. The van der Waals surface area contributed by atoms with Crippen LogP contribution in [0.15, 0.2) is 35.4 Å². The molecule has 0 aliphatic rings. The molecule has 27 heavy (non-hydrogen) atoms. The molecule has 3 rings (SSSR count). The van der Waals surface area contributed by atoms with Crippen molar-refractivity contribution in [1.82, 2.24) is 19.7 Å². The van der Waals surface area contributed by atoms with E-state index in [1.54, 1.807) is 6.07 Å². The van der Waals surface area contributed by atoms with E-state index in [2.05, 4.69) is 15.1 Å². The molecule has 2 heterocycles. The minimum atomic E-state index is -4.47. The van der Waals surface area contributed by atoms with E-state index in [4.69, 9.17) is 5.26 Å². The van der Waals surface area contributed by atoms with Crippen molar-refractivity contribution in [3.8, 4) is 28.5 Å². The Morgan fingerprint density at radius 3 is 2.67 bits per heavy atom. The number of aromatic amines is 1. The van der Waals surface area contributed by atoms with Gasteiger partial charge in [0, 0.05) is 17.3 Å². The SMILES string of the molecule is Cc1nc(-c2ccc(C#N)c(F)c2)c(-c2cnn(CC(F)(F)F)c2)c(=O)[nH]1. The van der Waals surface area contributed by atoms with Crippen LogP contribution in [0.25, 0.3) is 22.4 Å². The molecule has 2 aromatic heterocycles. The topological polar surface area (TPSA) is 87.4 Å². The number of H-pyrrole nitrogens is 1. The molecule has 138 valence electrons. The van der Waals surface area contributed by atoms with E-state index < -0.39 is 24.1 Å². The summed E-state index contributed by atoms with van der Waals surface area (Å²) in [7, 11) is 0. The summed E-state index contributed by atoms with van der Waals surface area (Å²) in [4.78, 5) is 19.1. The molecule has 0 atom stereocenters. The maximum Gasteiger partial charge on any atom is 0.408 e. The van der Waals surface area contributed by atoms with E-state index in [1.165, 1.54) is 19.1 Å². The molecular formula is C17H11F4N5O. The van der Waals surface area contributed by atoms with E-state index in [-0.39, 0.29) is 33.8 Å². The Morgan fingerprint density at radius 1 is 1.30 bits per heavy atom. The van der Waals surface area contributed by atoms with Gasteiger partial charge in [-0.1, -0.05) is 6.07 Å². The minimum absolute atomic E-state index is 0.0434. The Balaban J connectivity index is 2.16. The minimum Gasteiger partial charge on any atom is -0.310 e. The number of hydrogen-bond acceptors (Lipinski definition) is 4. The molecule has 0 fully saturated rings. The third-order valence-electron chi connectivity index (χ3n) is 3.66. The van der Waals surface area contributed by atoms with Crippen LogP contribution >= 0.6 is 0 Å². The first kappa shape index (κ1) is 18.3. The molecule has 0 amide bonds. The van der Waals surface area contributed by atoms with Crippen molar-refractivity contribution in [1.29, 1.82) is 5.26 Å². The maximum atomic E-state index is 14.0. The zero-order valence-electron chi connectivity index (χ0n) is 13.8. The van der Waals surface area contributed by atoms with Crippen molar-refractivity contribution in [2.75, 3.05) is 0 Å². The van der Waals surface area contributed by atoms with Gasteiger partial charge in [0.2, 0.25) is 0 Å². The van der Waals surface area contributed by atoms with Gasteiger partial charge in [-0.15, -0.1) is 0 Å². The molecule has 0 saturated carbocycles. The van der Waals surface area contributed by atoms with Crippen LogP contribution in [0.5, 0.6) is 0 Å². The number of benzene rings is 1. The van der Waals surface area contributed by atoms with Crippen LogP contribution in [-0.2, 0) is 6.54 Å². The Hall–Kier alpha value is -3.48. The van der Waals surface area contributed by atoms with Gasteiger partial charge in [0.05, 0.1) is 23.0 Å².